The van der Waals surface area contributed by atoms with Gasteiger partial charge in [0.05, 0.1) is 0 Å². The zero-order valence-corrected chi connectivity index (χ0v) is 13.7. The van der Waals surface area contributed by atoms with Gasteiger partial charge < -0.3 is 10.6 Å². The molecule has 0 atom stereocenters. The summed E-state index contributed by atoms with van der Waals surface area (Å²) < 4.78 is 0. The predicted molar refractivity (Wildman–Crippen MR) is 88.9 cm³/mol. The lowest BCUT2D eigenvalue weighted by Gasteiger charge is -2.08. The van der Waals surface area contributed by atoms with E-state index in [2.05, 4.69) is 22.5 Å². The van der Waals surface area contributed by atoms with Crippen LogP contribution in [-0.2, 0) is 6.42 Å². The van der Waals surface area contributed by atoms with Crippen molar-refractivity contribution in [1.82, 2.24) is 10.3 Å². The molecule has 4 nitrogen and oxygen atoms in total. The number of aryl methyl sites for hydroxylation is 1. The third-order valence-electron chi connectivity index (χ3n) is 3.57. The summed E-state index contributed by atoms with van der Waals surface area (Å²) in [7, 11) is 1.82. The van der Waals surface area contributed by atoms with Crippen LogP contribution in [0.1, 0.15) is 68.4 Å². The Morgan fingerprint density at radius 2 is 1.81 bits per heavy atom. The van der Waals surface area contributed by atoms with Crippen molar-refractivity contribution in [2.24, 2.45) is 0 Å². The molecule has 0 saturated carbocycles. The number of pyridine rings is 1. The van der Waals surface area contributed by atoms with E-state index in [0.717, 1.165) is 30.9 Å². The van der Waals surface area contributed by atoms with Crippen molar-refractivity contribution in [3.8, 4) is 0 Å². The van der Waals surface area contributed by atoms with Crippen molar-refractivity contribution in [3.05, 3.63) is 23.4 Å². The molecule has 0 saturated heterocycles. The first-order valence-corrected chi connectivity index (χ1v) is 8.18. The highest BCUT2D eigenvalue weighted by Crippen LogP contribution is 2.11. The number of carbonyl (C=O) groups excluding carboxylic acids is 1. The number of nitrogens with zero attached hydrogens (tertiary/aromatic N) is 1. The van der Waals surface area contributed by atoms with Crippen molar-refractivity contribution in [2.45, 2.75) is 58.8 Å². The molecule has 0 unspecified atom stereocenters. The van der Waals surface area contributed by atoms with E-state index in [0.29, 0.717) is 5.56 Å². The van der Waals surface area contributed by atoms with Crippen LogP contribution in [0.4, 0.5) is 5.82 Å². The van der Waals surface area contributed by atoms with Gasteiger partial charge in [-0.1, -0.05) is 46.0 Å². The van der Waals surface area contributed by atoms with Crippen LogP contribution >= 0.6 is 0 Å². The van der Waals surface area contributed by atoms with Gasteiger partial charge in [0.1, 0.15) is 5.82 Å². The number of amides is 1. The first-order valence-electron chi connectivity index (χ1n) is 8.18. The number of rotatable bonds is 10. The Morgan fingerprint density at radius 3 is 2.48 bits per heavy atom. The van der Waals surface area contributed by atoms with Gasteiger partial charge in [0.15, 0.2) is 0 Å². The van der Waals surface area contributed by atoms with E-state index in [9.17, 15) is 4.79 Å². The van der Waals surface area contributed by atoms with Crippen LogP contribution < -0.4 is 10.6 Å². The predicted octanol–water partition coefficient (Wildman–Crippen LogP) is 3.78. The van der Waals surface area contributed by atoms with Gasteiger partial charge in [-0.25, -0.2) is 4.98 Å². The van der Waals surface area contributed by atoms with Gasteiger partial charge in [0, 0.05) is 24.8 Å². The molecule has 1 heterocycles. The van der Waals surface area contributed by atoms with Crippen LogP contribution in [0, 0.1) is 0 Å². The molecule has 118 valence electrons. The Labute approximate surface area is 128 Å². The molecule has 1 aromatic heterocycles. The Hall–Kier alpha value is -1.58. The van der Waals surface area contributed by atoms with E-state index in [4.69, 9.17) is 0 Å². The van der Waals surface area contributed by atoms with Gasteiger partial charge in [0.25, 0.3) is 5.91 Å². The molecular weight excluding hydrogens is 262 g/mol. The summed E-state index contributed by atoms with van der Waals surface area (Å²) in [6, 6.07) is 3.67. The van der Waals surface area contributed by atoms with Gasteiger partial charge in [-0.3, -0.25) is 4.79 Å². The molecule has 0 fully saturated rings. The molecule has 0 aliphatic carbocycles. The molecule has 0 spiro atoms. The summed E-state index contributed by atoms with van der Waals surface area (Å²) in [6.45, 7) is 5.02. The SMILES string of the molecule is CCCCCCCCNC(=O)c1cc(CC)nc(NC)c1. The number of anilines is 1. The molecule has 0 aliphatic rings. The number of carbonyl (C=O) groups is 1. The van der Waals surface area contributed by atoms with Crippen LogP contribution in [0.15, 0.2) is 12.1 Å². The van der Waals surface area contributed by atoms with E-state index in [1.165, 1.54) is 32.1 Å². The molecule has 0 aliphatic heterocycles. The molecular formula is C17H29N3O. The third-order valence-corrected chi connectivity index (χ3v) is 3.57. The number of hydrogen-bond donors (Lipinski definition) is 2. The summed E-state index contributed by atoms with van der Waals surface area (Å²) in [5, 5.41) is 6.00. The maximum absolute atomic E-state index is 12.1. The minimum absolute atomic E-state index is 0.00263. The van der Waals surface area contributed by atoms with E-state index in [1.54, 1.807) is 6.07 Å². The normalized spacial score (nSPS) is 10.4. The molecule has 2 N–H and O–H groups in total. The molecule has 1 amide bonds. The minimum atomic E-state index is -0.00263. The van der Waals surface area contributed by atoms with Crippen molar-refractivity contribution < 1.29 is 4.79 Å². The summed E-state index contributed by atoms with van der Waals surface area (Å²) in [6.07, 6.45) is 8.23. The van der Waals surface area contributed by atoms with Crippen molar-refractivity contribution in [2.75, 3.05) is 18.9 Å². The lowest BCUT2D eigenvalue weighted by atomic mass is 10.1. The molecule has 0 radical (unpaired) electrons. The lowest BCUT2D eigenvalue weighted by molar-refractivity contribution is 0.0952. The fraction of sp³-hybridized carbons (Fsp3) is 0.647. The molecule has 0 aromatic carbocycles. The average molecular weight is 291 g/mol. The number of nitrogens with one attached hydrogen (secondary N) is 2. The summed E-state index contributed by atoms with van der Waals surface area (Å²) in [5.41, 5.74) is 1.63. The van der Waals surface area contributed by atoms with Crippen LogP contribution in [0.25, 0.3) is 0 Å². The maximum Gasteiger partial charge on any atom is 0.251 e. The molecule has 21 heavy (non-hydrogen) atoms. The minimum Gasteiger partial charge on any atom is -0.373 e. The highest BCUT2D eigenvalue weighted by atomic mass is 16.1. The quantitative estimate of drug-likeness (QED) is 0.645. The summed E-state index contributed by atoms with van der Waals surface area (Å²) in [5.74, 6) is 0.747. The Balaban J connectivity index is 2.38. The molecule has 1 aromatic rings. The van der Waals surface area contributed by atoms with Crippen LogP contribution in [0.2, 0.25) is 0 Å². The van der Waals surface area contributed by atoms with Gasteiger partial charge in [0.2, 0.25) is 0 Å². The third kappa shape index (κ3) is 6.61. The second-order valence-electron chi connectivity index (χ2n) is 5.36. The topological polar surface area (TPSA) is 54.0 Å². The largest absolute Gasteiger partial charge is 0.373 e. The van der Waals surface area contributed by atoms with Crippen molar-refractivity contribution in [3.63, 3.8) is 0 Å². The van der Waals surface area contributed by atoms with E-state index >= 15 is 0 Å². The molecule has 4 heteroatoms. The first-order chi connectivity index (χ1) is 10.2. The fourth-order valence-corrected chi connectivity index (χ4v) is 2.24. The van der Waals surface area contributed by atoms with E-state index in [1.807, 2.05) is 20.0 Å². The molecule has 1 rings (SSSR count). The number of unbranched alkanes of at least 4 members (excludes halogenated alkanes) is 5. The maximum atomic E-state index is 12.1. The number of hydrogen-bond acceptors (Lipinski definition) is 3. The zero-order chi connectivity index (χ0) is 15.5. The Morgan fingerprint density at radius 1 is 1.10 bits per heavy atom. The second kappa shape index (κ2) is 10.2. The number of aromatic nitrogens is 1. The van der Waals surface area contributed by atoms with E-state index < -0.39 is 0 Å². The smallest absolute Gasteiger partial charge is 0.251 e. The lowest BCUT2D eigenvalue weighted by Crippen LogP contribution is -2.24. The second-order valence-corrected chi connectivity index (χ2v) is 5.36. The van der Waals surface area contributed by atoms with E-state index in [-0.39, 0.29) is 5.91 Å². The average Bonchev–Trinajstić information content (AvgIpc) is 2.53. The molecule has 0 bridgehead atoms. The van der Waals surface area contributed by atoms with Gasteiger partial charge >= 0.3 is 0 Å². The standard InChI is InChI=1S/C17H29N3O/c1-4-6-7-8-9-10-11-19-17(21)14-12-15(5-2)20-16(13-14)18-3/h12-13H,4-11H2,1-3H3,(H,18,20)(H,19,21). The van der Waals surface area contributed by atoms with Crippen LogP contribution in [0.3, 0.4) is 0 Å². The fourth-order valence-electron chi connectivity index (χ4n) is 2.24. The Bertz CT molecular complexity index is 410. The highest BCUT2D eigenvalue weighted by molar-refractivity contribution is 5.94. The monoisotopic (exact) mass is 291 g/mol. The summed E-state index contributed by atoms with van der Waals surface area (Å²) in [4.78, 5) is 16.5. The van der Waals surface area contributed by atoms with Crippen LogP contribution in [-0.4, -0.2) is 24.5 Å². The van der Waals surface area contributed by atoms with Gasteiger partial charge in [-0.2, -0.15) is 0 Å². The summed E-state index contributed by atoms with van der Waals surface area (Å²) >= 11 is 0. The van der Waals surface area contributed by atoms with Crippen LogP contribution in [0.5, 0.6) is 0 Å². The van der Waals surface area contributed by atoms with Gasteiger partial charge in [-0.05, 0) is 25.0 Å². The van der Waals surface area contributed by atoms with Gasteiger partial charge in [-0.15, -0.1) is 0 Å². The van der Waals surface area contributed by atoms with Crippen molar-refractivity contribution in [1.29, 1.82) is 0 Å². The Kier molecular flexibility index (Phi) is 8.48. The zero-order valence-electron chi connectivity index (χ0n) is 13.7. The van der Waals surface area contributed by atoms with Crippen molar-refractivity contribution >= 4 is 11.7 Å². The highest BCUT2D eigenvalue weighted by Gasteiger charge is 2.08. The first kappa shape index (κ1) is 17.5.